The maximum atomic E-state index is 10.5. The van der Waals surface area contributed by atoms with Gasteiger partial charge in [-0.25, -0.2) is 0 Å². The first-order valence-corrected chi connectivity index (χ1v) is 10.0. The summed E-state index contributed by atoms with van der Waals surface area (Å²) in [6.07, 6.45) is 1.46. The fourth-order valence-corrected chi connectivity index (χ4v) is 3.48. The molecule has 0 heterocycles. The lowest BCUT2D eigenvalue weighted by Crippen LogP contribution is -2.26. The van der Waals surface area contributed by atoms with Crippen molar-refractivity contribution in [2.45, 2.75) is 59.2 Å². The lowest BCUT2D eigenvalue weighted by molar-refractivity contribution is 0.0249. The Hall–Kier alpha value is -2.08. The minimum Gasteiger partial charge on any atom is -0.488 e. The van der Waals surface area contributed by atoms with Gasteiger partial charge in [-0.05, 0) is 69.2 Å². The van der Waals surface area contributed by atoms with Crippen LogP contribution in [0.25, 0.3) is 0 Å². The third-order valence-corrected chi connectivity index (χ3v) is 5.42. The first kappa shape index (κ1) is 23.2. The third kappa shape index (κ3) is 6.20. The largest absolute Gasteiger partial charge is 0.488 e. The molecule has 0 fully saturated rings. The Bertz CT molecular complexity index is 784. The summed E-state index contributed by atoms with van der Waals surface area (Å²) in [5.41, 5.74) is 4.23. The van der Waals surface area contributed by atoms with Gasteiger partial charge in [0.25, 0.3) is 0 Å². The molecular formula is C24H34O5. The highest BCUT2D eigenvalue weighted by atomic mass is 16.7. The SMILES string of the molecule is COCOc1c(C)c(C)c(OCc2ccccc2)c(C)c1CC[C@](C)(O)CCO. The van der Waals surface area contributed by atoms with E-state index < -0.39 is 5.60 Å². The second kappa shape index (κ2) is 10.6. The molecule has 2 aromatic rings. The second-order valence-corrected chi connectivity index (χ2v) is 7.81. The van der Waals surface area contributed by atoms with Crippen molar-refractivity contribution in [1.82, 2.24) is 0 Å². The summed E-state index contributed by atoms with van der Waals surface area (Å²) in [7, 11) is 1.60. The van der Waals surface area contributed by atoms with Gasteiger partial charge in [0.2, 0.25) is 0 Å². The molecule has 0 saturated carbocycles. The van der Waals surface area contributed by atoms with Gasteiger partial charge in [0.1, 0.15) is 18.1 Å². The normalized spacial score (nSPS) is 13.2. The summed E-state index contributed by atoms with van der Waals surface area (Å²) >= 11 is 0. The van der Waals surface area contributed by atoms with Gasteiger partial charge in [0.05, 0.1) is 5.60 Å². The molecule has 160 valence electrons. The van der Waals surface area contributed by atoms with E-state index in [1.807, 2.05) is 51.1 Å². The van der Waals surface area contributed by atoms with Crippen LogP contribution in [0.1, 0.15) is 47.6 Å². The van der Waals surface area contributed by atoms with Gasteiger partial charge in [0, 0.05) is 19.3 Å². The molecule has 2 aromatic carbocycles. The Morgan fingerprint density at radius 3 is 2.17 bits per heavy atom. The fraction of sp³-hybridized carbons (Fsp3) is 0.500. The molecule has 0 amide bonds. The van der Waals surface area contributed by atoms with Crippen LogP contribution in [-0.4, -0.2) is 36.3 Å². The molecule has 0 spiro atoms. The van der Waals surface area contributed by atoms with Crippen LogP contribution in [0.4, 0.5) is 0 Å². The van der Waals surface area contributed by atoms with E-state index in [1.54, 1.807) is 14.0 Å². The maximum Gasteiger partial charge on any atom is 0.188 e. The molecule has 0 saturated heterocycles. The Morgan fingerprint density at radius 1 is 0.897 bits per heavy atom. The van der Waals surface area contributed by atoms with Crippen LogP contribution in [0.5, 0.6) is 11.5 Å². The second-order valence-electron chi connectivity index (χ2n) is 7.81. The zero-order valence-electron chi connectivity index (χ0n) is 18.2. The van der Waals surface area contributed by atoms with Crippen LogP contribution in [0, 0.1) is 20.8 Å². The quantitative estimate of drug-likeness (QED) is 0.550. The van der Waals surface area contributed by atoms with E-state index in [9.17, 15) is 10.2 Å². The smallest absolute Gasteiger partial charge is 0.188 e. The molecule has 0 aliphatic heterocycles. The summed E-state index contributed by atoms with van der Waals surface area (Å²) in [6, 6.07) is 10.1. The zero-order chi connectivity index (χ0) is 21.4. The molecule has 5 nitrogen and oxygen atoms in total. The molecule has 29 heavy (non-hydrogen) atoms. The van der Waals surface area contributed by atoms with Gasteiger partial charge < -0.3 is 24.4 Å². The van der Waals surface area contributed by atoms with Gasteiger partial charge in [-0.1, -0.05) is 30.3 Å². The first-order valence-electron chi connectivity index (χ1n) is 10.0. The predicted molar refractivity (Wildman–Crippen MR) is 115 cm³/mol. The zero-order valence-corrected chi connectivity index (χ0v) is 18.2. The van der Waals surface area contributed by atoms with Crippen LogP contribution < -0.4 is 9.47 Å². The molecule has 0 bridgehead atoms. The molecule has 5 heteroatoms. The van der Waals surface area contributed by atoms with Crippen LogP contribution >= 0.6 is 0 Å². The van der Waals surface area contributed by atoms with Gasteiger partial charge >= 0.3 is 0 Å². The van der Waals surface area contributed by atoms with Crippen molar-refractivity contribution in [1.29, 1.82) is 0 Å². The van der Waals surface area contributed by atoms with Crippen LogP contribution in [0.3, 0.4) is 0 Å². The van der Waals surface area contributed by atoms with Gasteiger partial charge in [-0.2, -0.15) is 0 Å². The average molecular weight is 403 g/mol. The van der Waals surface area contributed by atoms with Crippen molar-refractivity contribution >= 4 is 0 Å². The number of methoxy groups -OCH3 is 1. The summed E-state index contributed by atoms with van der Waals surface area (Å²) in [5, 5.41) is 19.7. The van der Waals surface area contributed by atoms with Crippen LogP contribution in [-0.2, 0) is 17.8 Å². The molecule has 1 atom stereocenters. The monoisotopic (exact) mass is 402 g/mol. The van der Waals surface area contributed by atoms with Crippen molar-refractivity contribution in [3.05, 3.63) is 58.1 Å². The lowest BCUT2D eigenvalue weighted by Gasteiger charge is -2.26. The minimum absolute atomic E-state index is 0.0443. The Kier molecular flexibility index (Phi) is 8.50. The van der Waals surface area contributed by atoms with E-state index in [4.69, 9.17) is 14.2 Å². The van der Waals surface area contributed by atoms with Gasteiger partial charge in [-0.15, -0.1) is 0 Å². The summed E-state index contributed by atoms with van der Waals surface area (Å²) < 4.78 is 17.3. The van der Waals surface area contributed by atoms with E-state index >= 15 is 0 Å². The topological polar surface area (TPSA) is 68.2 Å². The molecular weight excluding hydrogens is 368 g/mol. The number of rotatable bonds is 11. The van der Waals surface area contributed by atoms with Crippen LogP contribution in [0.15, 0.2) is 30.3 Å². The van der Waals surface area contributed by atoms with E-state index in [0.717, 1.165) is 39.3 Å². The first-order chi connectivity index (χ1) is 13.8. The standard InChI is InChI=1S/C24H34O5/c1-17-18(2)23(29-16-27-5)21(11-12-24(4,26)13-14-25)19(3)22(17)28-15-20-9-7-6-8-10-20/h6-10,25-26H,11-16H2,1-5H3/t24-/m0/s1. The number of aliphatic hydroxyl groups excluding tert-OH is 1. The number of hydrogen-bond donors (Lipinski definition) is 2. The van der Waals surface area contributed by atoms with Crippen molar-refractivity contribution in [3.63, 3.8) is 0 Å². The van der Waals surface area contributed by atoms with Crippen molar-refractivity contribution in [2.75, 3.05) is 20.5 Å². The number of hydrogen-bond acceptors (Lipinski definition) is 5. The van der Waals surface area contributed by atoms with Gasteiger partial charge in [0.15, 0.2) is 6.79 Å². The molecule has 0 radical (unpaired) electrons. The number of benzene rings is 2. The number of aliphatic hydroxyl groups is 2. The minimum atomic E-state index is -0.941. The lowest BCUT2D eigenvalue weighted by atomic mass is 9.89. The van der Waals surface area contributed by atoms with E-state index in [2.05, 4.69) is 0 Å². The Balaban J connectivity index is 2.37. The molecule has 0 unspecified atom stereocenters. The molecule has 0 aliphatic carbocycles. The predicted octanol–water partition coefficient (Wildman–Crippen LogP) is 4.24. The van der Waals surface area contributed by atoms with Gasteiger partial charge in [-0.3, -0.25) is 0 Å². The third-order valence-electron chi connectivity index (χ3n) is 5.42. The Labute approximate surface area is 174 Å². The Morgan fingerprint density at radius 2 is 1.55 bits per heavy atom. The average Bonchev–Trinajstić information content (AvgIpc) is 2.69. The van der Waals surface area contributed by atoms with Crippen LogP contribution in [0.2, 0.25) is 0 Å². The fourth-order valence-electron chi connectivity index (χ4n) is 3.48. The number of ether oxygens (including phenoxy) is 3. The summed E-state index contributed by atoms with van der Waals surface area (Å²) in [6.45, 7) is 8.44. The highest BCUT2D eigenvalue weighted by Crippen LogP contribution is 2.39. The van der Waals surface area contributed by atoms with E-state index in [1.165, 1.54) is 0 Å². The summed E-state index contributed by atoms with van der Waals surface area (Å²) in [5.74, 6) is 1.64. The van der Waals surface area contributed by atoms with Crippen molar-refractivity contribution in [3.8, 4) is 11.5 Å². The van der Waals surface area contributed by atoms with Crippen molar-refractivity contribution < 1.29 is 24.4 Å². The van der Waals surface area contributed by atoms with E-state index in [-0.39, 0.29) is 13.4 Å². The highest BCUT2D eigenvalue weighted by Gasteiger charge is 2.24. The molecule has 2 N–H and O–H groups in total. The molecule has 0 aliphatic rings. The maximum absolute atomic E-state index is 10.5. The molecule has 2 rings (SSSR count). The van der Waals surface area contributed by atoms with Crippen molar-refractivity contribution in [2.24, 2.45) is 0 Å². The summed E-state index contributed by atoms with van der Waals surface area (Å²) in [4.78, 5) is 0. The van der Waals surface area contributed by atoms with E-state index in [0.29, 0.717) is 25.9 Å². The highest BCUT2D eigenvalue weighted by molar-refractivity contribution is 5.58. The molecule has 0 aromatic heterocycles.